The zero-order chi connectivity index (χ0) is 12.4. The average Bonchev–Trinajstić information content (AvgIpc) is 2.32. The second-order valence-electron chi connectivity index (χ2n) is 3.67. The van der Waals surface area contributed by atoms with Gasteiger partial charge in [0, 0.05) is 10.7 Å². The molecule has 0 aliphatic carbocycles. The topological polar surface area (TPSA) is 75.0 Å². The van der Waals surface area contributed by atoms with Gasteiger partial charge in [0.05, 0.1) is 12.0 Å². The Hall–Kier alpha value is -1.61. The van der Waals surface area contributed by atoms with E-state index in [4.69, 9.17) is 10.00 Å². The highest BCUT2D eigenvalue weighted by Crippen LogP contribution is 2.32. The fourth-order valence-corrected chi connectivity index (χ4v) is 1.93. The standard InChI is InChI=1S/C11H10BrN3O2/c1-2-6(4-13)9-11(16)15-10-8(17-9)3-7(12)5-14-10/h3,5-6,9H,2H2,1H3,(H,14,15,16). The summed E-state index contributed by atoms with van der Waals surface area (Å²) in [5.74, 6) is 0.0998. The zero-order valence-electron chi connectivity index (χ0n) is 9.11. The van der Waals surface area contributed by atoms with Crippen molar-refractivity contribution in [3.8, 4) is 11.8 Å². The van der Waals surface area contributed by atoms with Gasteiger partial charge in [-0.05, 0) is 28.4 Å². The summed E-state index contributed by atoms with van der Waals surface area (Å²) >= 11 is 3.28. The van der Waals surface area contributed by atoms with Crippen LogP contribution in [0.4, 0.5) is 5.82 Å². The molecule has 2 unspecified atom stereocenters. The number of carbonyl (C=O) groups excluding carboxylic acids is 1. The van der Waals surface area contributed by atoms with Crippen LogP contribution >= 0.6 is 15.9 Å². The number of hydrogen-bond donors (Lipinski definition) is 1. The summed E-state index contributed by atoms with van der Waals surface area (Å²) in [4.78, 5) is 15.8. The van der Waals surface area contributed by atoms with Gasteiger partial charge in [-0.2, -0.15) is 5.26 Å². The number of carbonyl (C=O) groups is 1. The van der Waals surface area contributed by atoms with E-state index in [2.05, 4.69) is 32.3 Å². The van der Waals surface area contributed by atoms with Crippen molar-refractivity contribution in [3.05, 3.63) is 16.7 Å². The maximum absolute atomic E-state index is 11.8. The Labute approximate surface area is 107 Å². The Morgan fingerprint density at radius 3 is 3.18 bits per heavy atom. The number of anilines is 1. The molecule has 2 rings (SSSR count). The van der Waals surface area contributed by atoms with Gasteiger partial charge in [0.15, 0.2) is 17.7 Å². The largest absolute Gasteiger partial charge is 0.475 e. The van der Waals surface area contributed by atoms with E-state index in [0.29, 0.717) is 18.0 Å². The summed E-state index contributed by atoms with van der Waals surface area (Å²) in [7, 11) is 0. The molecule has 2 heterocycles. The molecule has 6 heteroatoms. The van der Waals surface area contributed by atoms with Crippen LogP contribution < -0.4 is 10.1 Å². The Balaban J connectivity index is 2.32. The van der Waals surface area contributed by atoms with Crippen LogP contribution in [0.2, 0.25) is 0 Å². The van der Waals surface area contributed by atoms with Crippen molar-refractivity contribution < 1.29 is 9.53 Å². The molecule has 1 aromatic heterocycles. The number of nitriles is 1. The molecule has 17 heavy (non-hydrogen) atoms. The summed E-state index contributed by atoms with van der Waals surface area (Å²) in [5.41, 5.74) is 0. The van der Waals surface area contributed by atoms with Crippen LogP contribution in [-0.2, 0) is 4.79 Å². The minimum Gasteiger partial charge on any atom is -0.475 e. The number of nitrogens with zero attached hydrogens (tertiary/aromatic N) is 2. The first kappa shape index (κ1) is 11.9. The highest BCUT2D eigenvalue weighted by molar-refractivity contribution is 9.10. The molecule has 0 saturated heterocycles. The highest BCUT2D eigenvalue weighted by Gasteiger charge is 2.34. The monoisotopic (exact) mass is 295 g/mol. The van der Waals surface area contributed by atoms with Gasteiger partial charge in [0.25, 0.3) is 5.91 Å². The molecule has 0 saturated carbocycles. The van der Waals surface area contributed by atoms with Crippen molar-refractivity contribution >= 4 is 27.7 Å². The number of amides is 1. The predicted octanol–water partition coefficient (Wildman–Crippen LogP) is 2.09. The van der Waals surface area contributed by atoms with Gasteiger partial charge in [-0.3, -0.25) is 4.79 Å². The second kappa shape index (κ2) is 4.72. The van der Waals surface area contributed by atoms with E-state index in [-0.39, 0.29) is 5.91 Å². The Kier molecular flexibility index (Phi) is 3.29. The van der Waals surface area contributed by atoms with Crippen LogP contribution in [0.25, 0.3) is 0 Å². The third-order valence-electron chi connectivity index (χ3n) is 2.54. The number of pyridine rings is 1. The van der Waals surface area contributed by atoms with E-state index in [9.17, 15) is 4.79 Å². The van der Waals surface area contributed by atoms with Crippen molar-refractivity contribution in [2.24, 2.45) is 5.92 Å². The third-order valence-corrected chi connectivity index (χ3v) is 2.98. The molecule has 2 atom stereocenters. The number of nitrogens with one attached hydrogen (secondary N) is 1. The number of fused-ring (bicyclic) bond motifs is 1. The van der Waals surface area contributed by atoms with Crippen LogP contribution in [0.15, 0.2) is 16.7 Å². The fourth-order valence-electron chi connectivity index (χ4n) is 1.62. The lowest BCUT2D eigenvalue weighted by Gasteiger charge is -2.27. The number of rotatable bonds is 2. The molecule has 0 spiro atoms. The number of halogens is 1. The third kappa shape index (κ3) is 2.24. The minimum atomic E-state index is -0.770. The average molecular weight is 296 g/mol. The van der Waals surface area contributed by atoms with Gasteiger partial charge in [-0.25, -0.2) is 4.98 Å². The summed E-state index contributed by atoms with van der Waals surface area (Å²) in [6, 6.07) is 3.80. The molecular formula is C11H10BrN3O2. The normalized spacial score (nSPS) is 19.6. The van der Waals surface area contributed by atoms with Crippen molar-refractivity contribution in [1.29, 1.82) is 5.26 Å². The minimum absolute atomic E-state index is 0.319. The molecule has 1 amide bonds. The molecule has 0 bridgehead atoms. The van der Waals surface area contributed by atoms with Crippen molar-refractivity contribution in [1.82, 2.24) is 4.98 Å². The van der Waals surface area contributed by atoms with E-state index in [1.54, 1.807) is 12.3 Å². The smallest absolute Gasteiger partial charge is 0.268 e. The summed E-state index contributed by atoms with van der Waals surface area (Å²) in [6.07, 6.45) is 1.36. The van der Waals surface area contributed by atoms with Gasteiger partial charge in [0.1, 0.15) is 0 Å². The lowest BCUT2D eigenvalue weighted by molar-refractivity contribution is -0.125. The maximum atomic E-state index is 11.8. The predicted molar refractivity (Wildman–Crippen MR) is 64.4 cm³/mol. The number of hydrogen-bond acceptors (Lipinski definition) is 4. The SMILES string of the molecule is CCC(C#N)C1Oc2cc(Br)cnc2NC1=O. The molecule has 0 fully saturated rings. The molecule has 0 aromatic carbocycles. The molecule has 88 valence electrons. The number of ether oxygens (including phenoxy) is 1. The molecule has 1 aliphatic rings. The van der Waals surface area contributed by atoms with Gasteiger partial charge in [-0.15, -0.1) is 0 Å². The van der Waals surface area contributed by atoms with Gasteiger partial charge in [0.2, 0.25) is 0 Å². The fraction of sp³-hybridized carbons (Fsp3) is 0.364. The zero-order valence-corrected chi connectivity index (χ0v) is 10.7. The molecule has 1 aromatic rings. The van der Waals surface area contributed by atoms with Crippen molar-refractivity contribution in [2.75, 3.05) is 5.32 Å². The van der Waals surface area contributed by atoms with E-state index < -0.39 is 12.0 Å². The maximum Gasteiger partial charge on any atom is 0.268 e. The lowest BCUT2D eigenvalue weighted by Crippen LogP contribution is -2.42. The second-order valence-corrected chi connectivity index (χ2v) is 4.59. The Morgan fingerprint density at radius 1 is 1.76 bits per heavy atom. The number of aromatic nitrogens is 1. The van der Waals surface area contributed by atoms with E-state index in [1.807, 2.05) is 6.92 Å². The summed E-state index contributed by atoms with van der Waals surface area (Å²) in [6.45, 7) is 1.85. The van der Waals surface area contributed by atoms with Crippen LogP contribution in [0.5, 0.6) is 5.75 Å². The van der Waals surface area contributed by atoms with E-state index in [0.717, 1.165) is 4.47 Å². The quantitative estimate of drug-likeness (QED) is 0.906. The molecular weight excluding hydrogens is 286 g/mol. The summed E-state index contributed by atoms with van der Waals surface area (Å²) in [5, 5.41) is 11.6. The van der Waals surface area contributed by atoms with Gasteiger partial charge >= 0.3 is 0 Å². The van der Waals surface area contributed by atoms with E-state index in [1.165, 1.54) is 0 Å². The first-order valence-electron chi connectivity index (χ1n) is 5.18. The van der Waals surface area contributed by atoms with Crippen LogP contribution in [0, 0.1) is 17.2 Å². The first-order chi connectivity index (χ1) is 8.15. The molecule has 5 nitrogen and oxygen atoms in total. The molecule has 1 aliphatic heterocycles. The Morgan fingerprint density at radius 2 is 2.53 bits per heavy atom. The highest BCUT2D eigenvalue weighted by atomic mass is 79.9. The van der Waals surface area contributed by atoms with Crippen LogP contribution in [0.1, 0.15) is 13.3 Å². The van der Waals surface area contributed by atoms with Crippen molar-refractivity contribution in [2.45, 2.75) is 19.4 Å². The molecule has 1 N–H and O–H groups in total. The first-order valence-corrected chi connectivity index (χ1v) is 5.97. The summed E-state index contributed by atoms with van der Waals surface area (Å²) < 4.78 is 6.30. The van der Waals surface area contributed by atoms with Gasteiger partial charge < -0.3 is 10.1 Å². The van der Waals surface area contributed by atoms with Crippen LogP contribution in [0.3, 0.4) is 0 Å². The van der Waals surface area contributed by atoms with Crippen LogP contribution in [-0.4, -0.2) is 17.0 Å². The van der Waals surface area contributed by atoms with Gasteiger partial charge in [-0.1, -0.05) is 6.92 Å². The molecule has 0 radical (unpaired) electrons. The Bertz CT molecular complexity index is 498. The lowest BCUT2D eigenvalue weighted by atomic mass is 9.99. The van der Waals surface area contributed by atoms with Crippen molar-refractivity contribution in [3.63, 3.8) is 0 Å². The van der Waals surface area contributed by atoms with E-state index >= 15 is 0 Å².